The Morgan fingerprint density at radius 2 is 1.89 bits per heavy atom. The Morgan fingerprint density at radius 3 is 2.67 bits per heavy atom. The van der Waals surface area contributed by atoms with E-state index in [0.29, 0.717) is 16.7 Å². The lowest BCUT2D eigenvalue weighted by molar-refractivity contribution is 0.0365. The highest BCUT2D eigenvalue weighted by atomic mass is 35.5. The van der Waals surface area contributed by atoms with E-state index >= 15 is 0 Å². The fourth-order valence-corrected chi connectivity index (χ4v) is 2.43. The molecule has 0 bridgehead atoms. The van der Waals surface area contributed by atoms with Crippen LogP contribution in [0.4, 0.5) is 4.39 Å². The summed E-state index contributed by atoms with van der Waals surface area (Å²) in [6.45, 7) is 0. The number of rotatable bonds is 1. The average Bonchev–Trinajstić information content (AvgIpc) is 2.64. The van der Waals surface area contributed by atoms with Crippen LogP contribution in [0, 0.1) is 5.82 Å². The van der Waals surface area contributed by atoms with Crippen LogP contribution in [-0.2, 0) is 9.80 Å². The van der Waals surface area contributed by atoms with Gasteiger partial charge in [-0.25, -0.2) is 9.18 Å². The van der Waals surface area contributed by atoms with Crippen molar-refractivity contribution in [1.29, 1.82) is 0 Å². The number of cyclic esters (lactones) is 1. The van der Waals surface area contributed by atoms with Crippen molar-refractivity contribution in [2.24, 2.45) is 0 Å². The highest BCUT2D eigenvalue weighted by Crippen LogP contribution is 2.45. The summed E-state index contributed by atoms with van der Waals surface area (Å²) in [5.41, 5.74) is 1.36. The predicted octanol–water partition coefficient (Wildman–Crippen LogP) is 3.44. The van der Waals surface area contributed by atoms with E-state index in [1.807, 2.05) is 0 Å². The minimum atomic E-state index is -1.43. The van der Waals surface area contributed by atoms with Gasteiger partial charge in [0.25, 0.3) is 0 Å². The van der Waals surface area contributed by atoms with Crippen molar-refractivity contribution in [3.63, 3.8) is 0 Å². The van der Waals surface area contributed by atoms with Crippen LogP contribution in [0.2, 0.25) is 0 Å². The summed E-state index contributed by atoms with van der Waals surface area (Å²) < 4.78 is 18.5. The van der Waals surface area contributed by atoms with Crippen molar-refractivity contribution < 1.29 is 13.9 Å². The summed E-state index contributed by atoms with van der Waals surface area (Å²) in [7, 11) is 0. The predicted molar refractivity (Wildman–Crippen MR) is 64.9 cm³/mol. The minimum absolute atomic E-state index is 0.405. The molecule has 2 nitrogen and oxygen atoms in total. The zero-order valence-electron chi connectivity index (χ0n) is 9.19. The molecule has 0 saturated carbocycles. The third kappa shape index (κ3) is 1.51. The molecule has 4 heteroatoms. The standard InChI is InChI=1S/C14H8ClFO2/c15-14(9-4-3-5-10(16)8-9)12-7-2-1-6-11(12)13(17)18-14/h1-8H. The van der Waals surface area contributed by atoms with E-state index in [0.717, 1.165) is 0 Å². The molecule has 0 fully saturated rings. The zero-order chi connectivity index (χ0) is 12.8. The number of fused-ring (bicyclic) bond motifs is 1. The molecule has 2 aromatic rings. The molecule has 1 atom stereocenters. The van der Waals surface area contributed by atoms with Gasteiger partial charge >= 0.3 is 5.97 Å². The summed E-state index contributed by atoms with van der Waals surface area (Å²) in [5, 5.41) is -1.43. The molecule has 1 heterocycles. The van der Waals surface area contributed by atoms with Crippen molar-refractivity contribution in [3.8, 4) is 0 Å². The summed E-state index contributed by atoms with van der Waals surface area (Å²) in [6.07, 6.45) is 0. The van der Waals surface area contributed by atoms with Gasteiger partial charge in [-0.3, -0.25) is 0 Å². The highest BCUT2D eigenvalue weighted by Gasteiger charge is 2.45. The molecule has 3 rings (SSSR count). The van der Waals surface area contributed by atoms with E-state index in [-0.39, 0.29) is 0 Å². The molecule has 1 unspecified atom stereocenters. The first kappa shape index (κ1) is 11.2. The van der Waals surface area contributed by atoms with Gasteiger partial charge < -0.3 is 4.74 Å². The van der Waals surface area contributed by atoms with Crippen LogP contribution >= 0.6 is 11.6 Å². The maximum absolute atomic E-state index is 13.3. The molecule has 0 radical (unpaired) electrons. The lowest BCUT2D eigenvalue weighted by Crippen LogP contribution is -2.20. The zero-order valence-corrected chi connectivity index (χ0v) is 9.95. The lowest BCUT2D eigenvalue weighted by Gasteiger charge is -2.21. The third-order valence-electron chi connectivity index (χ3n) is 2.92. The number of halogens is 2. The van der Waals surface area contributed by atoms with E-state index in [9.17, 15) is 9.18 Å². The normalized spacial score (nSPS) is 21.6. The van der Waals surface area contributed by atoms with E-state index in [1.54, 1.807) is 30.3 Å². The fourth-order valence-electron chi connectivity index (χ4n) is 2.08. The smallest absolute Gasteiger partial charge is 0.340 e. The number of ether oxygens (including phenoxy) is 1. The third-order valence-corrected chi connectivity index (χ3v) is 3.42. The number of esters is 1. The molecule has 0 N–H and O–H groups in total. The van der Waals surface area contributed by atoms with Crippen molar-refractivity contribution in [3.05, 3.63) is 71.0 Å². The van der Waals surface area contributed by atoms with Crippen molar-refractivity contribution in [1.82, 2.24) is 0 Å². The van der Waals surface area contributed by atoms with Gasteiger partial charge in [-0.1, -0.05) is 41.9 Å². The number of hydrogen-bond donors (Lipinski definition) is 0. The Kier molecular flexibility index (Phi) is 2.38. The van der Waals surface area contributed by atoms with Gasteiger partial charge in [-0.2, -0.15) is 0 Å². The molecule has 0 spiro atoms. The maximum atomic E-state index is 13.3. The summed E-state index contributed by atoms with van der Waals surface area (Å²) in [4.78, 5) is 11.7. The van der Waals surface area contributed by atoms with E-state index in [1.165, 1.54) is 18.2 Å². The van der Waals surface area contributed by atoms with Crippen LogP contribution in [0.25, 0.3) is 0 Å². The van der Waals surface area contributed by atoms with Crippen molar-refractivity contribution >= 4 is 17.6 Å². The molecular weight excluding hydrogens is 255 g/mol. The van der Waals surface area contributed by atoms with Gasteiger partial charge in [-0.05, 0) is 18.2 Å². The number of hydrogen-bond acceptors (Lipinski definition) is 2. The quantitative estimate of drug-likeness (QED) is 0.581. The first-order chi connectivity index (χ1) is 8.61. The molecule has 0 amide bonds. The second-order valence-electron chi connectivity index (χ2n) is 4.04. The molecule has 90 valence electrons. The van der Waals surface area contributed by atoms with Gasteiger partial charge in [0.1, 0.15) is 5.82 Å². The number of carbonyl (C=O) groups excluding carboxylic acids is 1. The summed E-state index contributed by atoms with van der Waals surface area (Å²) >= 11 is 6.38. The SMILES string of the molecule is O=C1OC(Cl)(c2cccc(F)c2)c2ccccc21. The van der Waals surface area contributed by atoms with E-state index < -0.39 is 16.8 Å². The van der Waals surface area contributed by atoms with Crippen LogP contribution in [0.15, 0.2) is 48.5 Å². The molecule has 1 aliphatic rings. The number of alkyl halides is 1. The average molecular weight is 263 g/mol. The van der Waals surface area contributed by atoms with E-state index in [4.69, 9.17) is 16.3 Å². The number of carbonyl (C=O) groups is 1. The first-order valence-electron chi connectivity index (χ1n) is 5.39. The second-order valence-corrected chi connectivity index (χ2v) is 4.57. The molecule has 18 heavy (non-hydrogen) atoms. The minimum Gasteiger partial charge on any atom is -0.431 e. The Labute approximate surface area is 108 Å². The van der Waals surface area contributed by atoms with Crippen molar-refractivity contribution in [2.45, 2.75) is 5.06 Å². The molecule has 1 aliphatic heterocycles. The Balaban J connectivity index is 2.21. The molecule has 2 aromatic carbocycles. The Morgan fingerprint density at radius 1 is 1.11 bits per heavy atom. The van der Waals surface area contributed by atoms with Gasteiger partial charge in [0.2, 0.25) is 5.06 Å². The van der Waals surface area contributed by atoms with E-state index in [2.05, 4.69) is 0 Å². The second kappa shape index (κ2) is 3.82. The van der Waals surface area contributed by atoms with Crippen LogP contribution in [-0.4, -0.2) is 5.97 Å². The number of benzene rings is 2. The lowest BCUT2D eigenvalue weighted by atomic mass is 9.98. The molecule has 0 aliphatic carbocycles. The highest BCUT2D eigenvalue weighted by molar-refractivity contribution is 6.27. The topological polar surface area (TPSA) is 26.3 Å². The maximum Gasteiger partial charge on any atom is 0.340 e. The van der Waals surface area contributed by atoms with Gasteiger partial charge in [0.15, 0.2) is 0 Å². The fraction of sp³-hybridized carbons (Fsp3) is 0.0714. The van der Waals surface area contributed by atoms with Gasteiger partial charge in [-0.15, -0.1) is 0 Å². The first-order valence-corrected chi connectivity index (χ1v) is 5.77. The summed E-state index contributed by atoms with van der Waals surface area (Å²) in [6, 6.07) is 12.6. The molecular formula is C14H8ClFO2. The molecule has 0 saturated heterocycles. The van der Waals surface area contributed by atoms with Crippen LogP contribution in [0.5, 0.6) is 0 Å². The Hall–Kier alpha value is -1.87. The molecule has 0 aromatic heterocycles. The monoisotopic (exact) mass is 262 g/mol. The van der Waals surface area contributed by atoms with Gasteiger partial charge in [0, 0.05) is 11.1 Å². The largest absolute Gasteiger partial charge is 0.431 e. The van der Waals surface area contributed by atoms with Crippen molar-refractivity contribution in [2.75, 3.05) is 0 Å². The Bertz CT molecular complexity index is 641. The van der Waals surface area contributed by atoms with Gasteiger partial charge in [0.05, 0.1) is 5.56 Å². The van der Waals surface area contributed by atoms with Crippen LogP contribution in [0.1, 0.15) is 21.5 Å². The summed E-state index contributed by atoms with van der Waals surface area (Å²) in [5.74, 6) is -0.919. The van der Waals surface area contributed by atoms with Crippen LogP contribution in [0.3, 0.4) is 0 Å². The van der Waals surface area contributed by atoms with Crippen LogP contribution < -0.4 is 0 Å².